The number of nitrogens with zero attached hydrogens (tertiary/aromatic N) is 6. The number of amides is 1. The van der Waals surface area contributed by atoms with Gasteiger partial charge in [-0.3, -0.25) is 9.48 Å². The molecule has 1 aliphatic heterocycles. The molecule has 3 aromatic rings. The van der Waals surface area contributed by atoms with Gasteiger partial charge in [0.05, 0.1) is 12.8 Å². The average molecular weight is 478 g/mol. The first-order valence-electron chi connectivity index (χ1n) is 11.9. The highest BCUT2D eigenvalue weighted by molar-refractivity contribution is 5.95. The van der Waals surface area contributed by atoms with Crippen molar-refractivity contribution in [1.82, 2.24) is 19.7 Å². The fraction of sp³-hybridized carbons (Fsp3) is 0.423. The molecule has 1 amide bonds. The van der Waals surface area contributed by atoms with Crippen molar-refractivity contribution in [2.75, 3.05) is 62.5 Å². The van der Waals surface area contributed by atoms with E-state index >= 15 is 0 Å². The second-order valence-electron chi connectivity index (χ2n) is 9.33. The van der Waals surface area contributed by atoms with Gasteiger partial charge in [0, 0.05) is 64.6 Å². The summed E-state index contributed by atoms with van der Waals surface area (Å²) in [7, 11) is 7.11. The summed E-state index contributed by atoms with van der Waals surface area (Å²) in [5.41, 5.74) is 2.78. The number of piperazine rings is 1. The van der Waals surface area contributed by atoms with Crippen molar-refractivity contribution in [3.05, 3.63) is 53.7 Å². The van der Waals surface area contributed by atoms with Gasteiger partial charge in [-0.05, 0) is 42.3 Å². The standard InChI is InChI=1S/C26H35N7O2/c1-18(2)22-17-24(31(5)29-22)27-23-15-19(26(34)30(3)4)16-25(28-23)33-13-11-32(12-14-33)20-7-9-21(35-6)10-8-20/h7-10,15-18H,11-14H2,1-6H3,(H,27,28). The lowest BCUT2D eigenvalue weighted by molar-refractivity contribution is 0.0827. The van der Waals surface area contributed by atoms with Crippen LogP contribution in [-0.4, -0.2) is 73.0 Å². The molecule has 0 spiro atoms. The van der Waals surface area contributed by atoms with Crippen LogP contribution >= 0.6 is 0 Å². The quantitative estimate of drug-likeness (QED) is 0.556. The van der Waals surface area contributed by atoms with E-state index < -0.39 is 0 Å². The Kier molecular flexibility index (Phi) is 7.14. The molecule has 3 heterocycles. The molecule has 1 saturated heterocycles. The molecule has 186 valence electrons. The number of methoxy groups -OCH3 is 1. The highest BCUT2D eigenvalue weighted by Gasteiger charge is 2.21. The van der Waals surface area contributed by atoms with Crippen LogP contribution in [0.4, 0.5) is 23.1 Å². The number of aromatic nitrogens is 3. The normalized spacial score (nSPS) is 13.8. The highest BCUT2D eigenvalue weighted by Crippen LogP contribution is 2.26. The van der Waals surface area contributed by atoms with Crippen molar-refractivity contribution in [3.8, 4) is 5.75 Å². The number of hydrogen-bond acceptors (Lipinski definition) is 7. The maximum Gasteiger partial charge on any atom is 0.253 e. The van der Waals surface area contributed by atoms with Gasteiger partial charge in [0.25, 0.3) is 5.91 Å². The molecule has 0 atom stereocenters. The molecule has 0 saturated carbocycles. The van der Waals surface area contributed by atoms with Crippen LogP contribution in [0.15, 0.2) is 42.5 Å². The molecule has 35 heavy (non-hydrogen) atoms. The summed E-state index contributed by atoms with van der Waals surface area (Å²) in [6.45, 7) is 7.57. The number of carbonyl (C=O) groups is 1. The predicted octanol–water partition coefficient (Wildman–Crippen LogP) is 3.72. The lowest BCUT2D eigenvalue weighted by Crippen LogP contribution is -2.47. The van der Waals surface area contributed by atoms with E-state index in [-0.39, 0.29) is 5.91 Å². The Hall–Kier alpha value is -3.75. The Morgan fingerprint density at radius 1 is 1.03 bits per heavy atom. The minimum atomic E-state index is -0.0542. The molecule has 0 bridgehead atoms. The zero-order chi connectivity index (χ0) is 25.1. The van der Waals surface area contributed by atoms with Gasteiger partial charge in [-0.15, -0.1) is 0 Å². The van der Waals surface area contributed by atoms with Crippen molar-refractivity contribution in [3.63, 3.8) is 0 Å². The number of aryl methyl sites for hydroxylation is 1. The Morgan fingerprint density at radius 3 is 2.26 bits per heavy atom. The van der Waals surface area contributed by atoms with Gasteiger partial charge in [0.2, 0.25) is 0 Å². The molecule has 0 unspecified atom stereocenters. The van der Waals surface area contributed by atoms with Crippen LogP contribution in [0.1, 0.15) is 35.8 Å². The molecule has 9 nitrogen and oxygen atoms in total. The fourth-order valence-electron chi connectivity index (χ4n) is 4.13. The lowest BCUT2D eigenvalue weighted by Gasteiger charge is -2.37. The zero-order valence-corrected chi connectivity index (χ0v) is 21.4. The maximum absolute atomic E-state index is 12.8. The molecule has 2 aromatic heterocycles. The van der Waals surface area contributed by atoms with E-state index in [2.05, 4.69) is 46.2 Å². The summed E-state index contributed by atoms with van der Waals surface area (Å²) in [5, 5.41) is 7.96. The Balaban J connectivity index is 1.56. The van der Waals surface area contributed by atoms with E-state index in [0.717, 1.165) is 49.3 Å². The number of benzene rings is 1. The molecule has 0 aliphatic carbocycles. The molecule has 9 heteroatoms. The topological polar surface area (TPSA) is 78.8 Å². The molecular weight excluding hydrogens is 442 g/mol. The summed E-state index contributed by atoms with van der Waals surface area (Å²) < 4.78 is 7.09. The third-order valence-electron chi connectivity index (χ3n) is 6.25. The Morgan fingerprint density at radius 2 is 1.69 bits per heavy atom. The van der Waals surface area contributed by atoms with Gasteiger partial charge in [-0.2, -0.15) is 5.10 Å². The van der Waals surface area contributed by atoms with Crippen molar-refractivity contribution in [1.29, 1.82) is 0 Å². The zero-order valence-electron chi connectivity index (χ0n) is 21.4. The van der Waals surface area contributed by atoms with Crippen LogP contribution in [0, 0.1) is 0 Å². The molecule has 4 rings (SSSR count). The summed E-state index contributed by atoms with van der Waals surface area (Å²) in [6.07, 6.45) is 0. The first-order valence-corrected chi connectivity index (χ1v) is 11.9. The summed E-state index contributed by atoms with van der Waals surface area (Å²) in [6, 6.07) is 13.9. The molecule has 1 fully saturated rings. The minimum absolute atomic E-state index is 0.0542. The monoisotopic (exact) mass is 477 g/mol. The van der Waals surface area contributed by atoms with E-state index in [0.29, 0.717) is 17.3 Å². The number of anilines is 4. The number of pyridine rings is 1. The SMILES string of the molecule is COc1ccc(N2CCN(c3cc(C(=O)N(C)C)cc(Nc4cc(C(C)C)nn4C)n3)CC2)cc1. The molecule has 1 aliphatic rings. The third kappa shape index (κ3) is 5.50. The Bertz CT molecular complexity index is 1160. The number of ether oxygens (including phenoxy) is 1. The van der Waals surface area contributed by atoms with Crippen LogP contribution in [0.5, 0.6) is 5.75 Å². The lowest BCUT2D eigenvalue weighted by atomic mass is 10.1. The van der Waals surface area contributed by atoms with Gasteiger partial charge in [0.1, 0.15) is 23.2 Å². The number of rotatable bonds is 7. The van der Waals surface area contributed by atoms with E-state index in [1.165, 1.54) is 5.69 Å². The van der Waals surface area contributed by atoms with Crippen molar-refractivity contribution in [2.45, 2.75) is 19.8 Å². The highest BCUT2D eigenvalue weighted by atomic mass is 16.5. The third-order valence-corrected chi connectivity index (χ3v) is 6.25. The molecule has 0 radical (unpaired) electrons. The van der Waals surface area contributed by atoms with Crippen molar-refractivity contribution >= 4 is 29.0 Å². The second kappa shape index (κ2) is 10.2. The first kappa shape index (κ1) is 24.4. The van der Waals surface area contributed by atoms with Gasteiger partial charge >= 0.3 is 0 Å². The molecular formula is C26H35N7O2. The fourth-order valence-corrected chi connectivity index (χ4v) is 4.13. The minimum Gasteiger partial charge on any atom is -0.497 e. The van der Waals surface area contributed by atoms with Crippen LogP contribution in [0.3, 0.4) is 0 Å². The number of hydrogen-bond donors (Lipinski definition) is 1. The van der Waals surface area contributed by atoms with Crippen LogP contribution in [0.2, 0.25) is 0 Å². The number of carbonyl (C=O) groups excluding carboxylic acids is 1. The predicted molar refractivity (Wildman–Crippen MR) is 140 cm³/mol. The van der Waals surface area contributed by atoms with E-state index in [4.69, 9.17) is 9.72 Å². The van der Waals surface area contributed by atoms with E-state index in [1.54, 1.807) is 26.1 Å². The van der Waals surface area contributed by atoms with Crippen LogP contribution in [0.25, 0.3) is 0 Å². The van der Waals surface area contributed by atoms with E-state index in [9.17, 15) is 4.79 Å². The van der Waals surface area contributed by atoms with Crippen LogP contribution < -0.4 is 19.9 Å². The molecule has 1 N–H and O–H groups in total. The Labute approximate surface area is 207 Å². The first-order chi connectivity index (χ1) is 16.7. The summed E-state index contributed by atoms with van der Waals surface area (Å²) in [5.74, 6) is 3.38. The van der Waals surface area contributed by atoms with Crippen LogP contribution in [-0.2, 0) is 7.05 Å². The van der Waals surface area contributed by atoms with Gasteiger partial charge < -0.3 is 24.8 Å². The smallest absolute Gasteiger partial charge is 0.253 e. The van der Waals surface area contributed by atoms with Gasteiger partial charge in [-0.1, -0.05) is 13.8 Å². The van der Waals surface area contributed by atoms with Crippen molar-refractivity contribution < 1.29 is 9.53 Å². The number of nitrogens with one attached hydrogen (secondary N) is 1. The average Bonchev–Trinajstić information content (AvgIpc) is 3.23. The molecule has 1 aromatic carbocycles. The summed E-state index contributed by atoms with van der Waals surface area (Å²) >= 11 is 0. The van der Waals surface area contributed by atoms with E-state index in [1.807, 2.05) is 42.1 Å². The second-order valence-corrected chi connectivity index (χ2v) is 9.33. The largest absolute Gasteiger partial charge is 0.497 e. The summed E-state index contributed by atoms with van der Waals surface area (Å²) in [4.78, 5) is 23.9. The van der Waals surface area contributed by atoms with Gasteiger partial charge in [0.15, 0.2) is 0 Å². The van der Waals surface area contributed by atoms with Crippen molar-refractivity contribution in [2.24, 2.45) is 7.05 Å². The maximum atomic E-state index is 12.8. The van der Waals surface area contributed by atoms with Gasteiger partial charge in [-0.25, -0.2) is 4.98 Å².